The maximum absolute atomic E-state index is 11.2. The Bertz CT molecular complexity index is 305. The maximum Gasteiger partial charge on any atom is 0.182 e. The summed E-state index contributed by atoms with van der Waals surface area (Å²) in [5.74, 6) is 0.152. The number of nitrogen functional groups attached to an aromatic ring is 1. The summed E-state index contributed by atoms with van der Waals surface area (Å²) in [4.78, 5) is 16.2. The molecular formula is C7H8N2OS. The zero-order chi connectivity index (χ0) is 7.84. The highest BCUT2D eigenvalue weighted by Crippen LogP contribution is 2.27. The van der Waals surface area contributed by atoms with Crippen molar-refractivity contribution < 1.29 is 4.79 Å². The largest absolute Gasteiger partial charge is 0.375 e. The number of anilines is 1. The van der Waals surface area contributed by atoms with E-state index >= 15 is 0 Å². The van der Waals surface area contributed by atoms with Gasteiger partial charge < -0.3 is 5.73 Å². The fraction of sp³-hybridized carbons (Fsp3) is 0.429. The van der Waals surface area contributed by atoms with E-state index in [0.717, 1.165) is 17.7 Å². The standard InChI is InChI=1S/C7H8N2OS/c8-7-9-6-4(10)2-1-3-5(6)11-7/h1-3H2,(H2,8,9). The third kappa shape index (κ3) is 1.03. The van der Waals surface area contributed by atoms with Crippen LogP contribution in [0.25, 0.3) is 0 Å². The van der Waals surface area contributed by atoms with Gasteiger partial charge in [0.15, 0.2) is 10.9 Å². The van der Waals surface area contributed by atoms with Crippen LogP contribution >= 0.6 is 11.3 Å². The summed E-state index contributed by atoms with van der Waals surface area (Å²) < 4.78 is 0. The third-order valence-electron chi connectivity index (χ3n) is 1.79. The minimum Gasteiger partial charge on any atom is -0.375 e. The molecule has 1 heterocycles. The summed E-state index contributed by atoms with van der Waals surface area (Å²) in [5.41, 5.74) is 6.10. The van der Waals surface area contributed by atoms with E-state index in [2.05, 4.69) is 4.98 Å². The number of hydrogen-bond donors (Lipinski definition) is 1. The highest BCUT2D eigenvalue weighted by atomic mass is 32.1. The van der Waals surface area contributed by atoms with Crippen LogP contribution in [-0.4, -0.2) is 10.8 Å². The first-order valence-electron chi connectivity index (χ1n) is 3.56. The topological polar surface area (TPSA) is 56.0 Å². The molecule has 0 amide bonds. The number of carbonyl (C=O) groups excluding carboxylic acids is 1. The Morgan fingerprint density at radius 1 is 1.45 bits per heavy atom. The number of nitrogens with two attached hydrogens (primary N) is 1. The van der Waals surface area contributed by atoms with E-state index in [0.29, 0.717) is 17.2 Å². The summed E-state index contributed by atoms with van der Waals surface area (Å²) in [5, 5.41) is 0.519. The van der Waals surface area contributed by atoms with Crippen LogP contribution in [0.2, 0.25) is 0 Å². The molecule has 0 atom stereocenters. The van der Waals surface area contributed by atoms with Crippen molar-refractivity contribution in [3.8, 4) is 0 Å². The molecule has 0 unspecified atom stereocenters. The monoisotopic (exact) mass is 168 g/mol. The summed E-state index contributed by atoms with van der Waals surface area (Å²) in [6.45, 7) is 0. The average molecular weight is 168 g/mol. The summed E-state index contributed by atoms with van der Waals surface area (Å²) in [6, 6.07) is 0. The second-order valence-electron chi connectivity index (χ2n) is 2.60. The molecule has 0 aromatic carbocycles. The third-order valence-corrected chi connectivity index (χ3v) is 2.73. The fourth-order valence-electron chi connectivity index (χ4n) is 1.29. The van der Waals surface area contributed by atoms with Crippen LogP contribution in [0.15, 0.2) is 0 Å². The molecule has 0 spiro atoms. The van der Waals surface area contributed by atoms with Gasteiger partial charge in [-0.3, -0.25) is 4.79 Å². The number of rotatable bonds is 0. The van der Waals surface area contributed by atoms with E-state index < -0.39 is 0 Å². The first kappa shape index (κ1) is 6.79. The normalized spacial score (nSPS) is 16.5. The summed E-state index contributed by atoms with van der Waals surface area (Å²) >= 11 is 1.44. The summed E-state index contributed by atoms with van der Waals surface area (Å²) in [6.07, 6.45) is 2.56. The number of hydrogen-bond acceptors (Lipinski definition) is 4. The van der Waals surface area contributed by atoms with Crippen LogP contribution in [-0.2, 0) is 6.42 Å². The molecule has 58 valence electrons. The lowest BCUT2D eigenvalue weighted by Crippen LogP contribution is -2.08. The molecule has 0 fully saturated rings. The molecule has 1 aromatic rings. The van der Waals surface area contributed by atoms with Crippen LogP contribution in [0.3, 0.4) is 0 Å². The van der Waals surface area contributed by atoms with Gasteiger partial charge in [0.1, 0.15) is 5.69 Å². The quantitative estimate of drug-likeness (QED) is 0.634. The number of aryl methyl sites for hydroxylation is 1. The van der Waals surface area contributed by atoms with Crippen LogP contribution in [0.1, 0.15) is 28.2 Å². The van der Waals surface area contributed by atoms with Gasteiger partial charge in [0.25, 0.3) is 0 Å². The van der Waals surface area contributed by atoms with E-state index in [9.17, 15) is 4.79 Å². The highest BCUT2D eigenvalue weighted by molar-refractivity contribution is 7.15. The van der Waals surface area contributed by atoms with E-state index in [-0.39, 0.29) is 5.78 Å². The highest BCUT2D eigenvalue weighted by Gasteiger charge is 2.20. The van der Waals surface area contributed by atoms with Gasteiger partial charge in [-0.25, -0.2) is 4.98 Å². The smallest absolute Gasteiger partial charge is 0.182 e. The molecule has 11 heavy (non-hydrogen) atoms. The Kier molecular flexibility index (Phi) is 1.42. The van der Waals surface area contributed by atoms with E-state index in [1.807, 2.05) is 0 Å². The van der Waals surface area contributed by atoms with Gasteiger partial charge in [0.2, 0.25) is 0 Å². The number of Topliss-reactive ketones (excluding diaryl/α,β-unsaturated/α-hetero) is 1. The van der Waals surface area contributed by atoms with Crippen molar-refractivity contribution >= 4 is 22.3 Å². The fourth-order valence-corrected chi connectivity index (χ4v) is 2.18. The number of nitrogens with zero attached hydrogens (tertiary/aromatic N) is 1. The molecule has 1 aromatic heterocycles. The molecule has 0 saturated heterocycles. The molecule has 2 N–H and O–H groups in total. The molecule has 1 aliphatic rings. The average Bonchev–Trinajstić information content (AvgIpc) is 2.31. The first-order chi connectivity index (χ1) is 5.27. The van der Waals surface area contributed by atoms with Crippen LogP contribution in [0.5, 0.6) is 0 Å². The number of carbonyl (C=O) groups is 1. The molecule has 0 bridgehead atoms. The molecule has 0 saturated carbocycles. The van der Waals surface area contributed by atoms with Crippen LogP contribution < -0.4 is 5.73 Å². The molecule has 0 aliphatic heterocycles. The minimum atomic E-state index is 0.152. The van der Waals surface area contributed by atoms with Crippen molar-refractivity contribution in [3.05, 3.63) is 10.6 Å². The van der Waals surface area contributed by atoms with Gasteiger partial charge in [-0.2, -0.15) is 0 Å². The lowest BCUT2D eigenvalue weighted by atomic mass is 10.0. The summed E-state index contributed by atoms with van der Waals surface area (Å²) in [7, 11) is 0. The SMILES string of the molecule is Nc1nc2c(s1)CCCC2=O. The molecule has 0 radical (unpaired) electrons. The maximum atomic E-state index is 11.2. The van der Waals surface area contributed by atoms with Gasteiger partial charge in [0.05, 0.1) is 0 Å². The van der Waals surface area contributed by atoms with E-state index in [4.69, 9.17) is 5.73 Å². The van der Waals surface area contributed by atoms with Crippen molar-refractivity contribution in [2.75, 3.05) is 5.73 Å². The van der Waals surface area contributed by atoms with Crippen molar-refractivity contribution in [1.82, 2.24) is 4.98 Å². The van der Waals surface area contributed by atoms with Gasteiger partial charge in [-0.05, 0) is 12.8 Å². The molecule has 3 nitrogen and oxygen atoms in total. The Labute approximate surface area is 68.2 Å². The zero-order valence-electron chi connectivity index (χ0n) is 5.96. The minimum absolute atomic E-state index is 0.152. The van der Waals surface area contributed by atoms with Crippen molar-refractivity contribution in [1.29, 1.82) is 0 Å². The Hall–Kier alpha value is -0.900. The van der Waals surface area contributed by atoms with Crippen LogP contribution in [0.4, 0.5) is 5.13 Å². The van der Waals surface area contributed by atoms with E-state index in [1.54, 1.807) is 0 Å². The number of thiazole rings is 1. The zero-order valence-corrected chi connectivity index (χ0v) is 6.78. The second-order valence-corrected chi connectivity index (χ2v) is 3.72. The number of fused-ring (bicyclic) bond motifs is 1. The van der Waals surface area contributed by atoms with Crippen molar-refractivity contribution in [2.24, 2.45) is 0 Å². The predicted molar refractivity (Wildman–Crippen MR) is 43.8 cm³/mol. The molecular weight excluding hydrogens is 160 g/mol. The number of ketones is 1. The first-order valence-corrected chi connectivity index (χ1v) is 4.37. The second kappa shape index (κ2) is 2.30. The van der Waals surface area contributed by atoms with E-state index in [1.165, 1.54) is 11.3 Å². The lowest BCUT2D eigenvalue weighted by Gasteiger charge is -2.05. The molecule has 2 rings (SSSR count). The molecule has 4 heteroatoms. The van der Waals surface area contributed by atoms with Gasteiger partial charge in [0, 0.05) is 11.3 Å². The van der Waals surface area contributed by atoms with Crippen molar-refractivity contribution in [2.45, 2.75) is 19.3 Å². The Morgan fingerprint density at radius 3 is 3.00 bits per heavy atom. The van der Waals surface area contributed by atoms with Gasteiger partial charge in [-0.15, -0.1) is 11.3 Å². The van der Waals surface area contributed by atoms with Gasteiger partial charge >= 0.3 is 0 Å². The Morgan fingerprint density at radius 2 is 2.27 bits per heavy atom. The number of aromatic nitrogens is 1. The van der Waals surface area contributed by atoms with Gasteiger partial charge in [-0.1, -0.05) is 0 Å². The molecule has 1 aliphatic carbocycles. The lowest BCUT2D eigenvalue weighted by molar-refractivity contribution is 0.0968. The van der Waals surface area contributed by atoms with Crippen LogP contribution in [0, 0.1) is 0 Å². The van der Waals surface area contributed by atoms with Crippen molar-refractivity contribution in [3.63, 3.8) is 0 Å². The Balaban J connectivity index is 2.52. The predicted octanol–water partition coefficient (Wildman–Crippen LogP) is 1.24.